The van der Waals surface area contributed by atoms with Gasteiger partial charge in [0.1, 0.15) is 13.2 Å². The quantitative estimate of drug-likeness (QED) is 0.405. The first kappa shape index (κ1) is 22.9. The summed E-state index contributed by atoms with van der Waals surface area (Å²) in [5.41, 5.74) is 2.37. The zero-order chi connectivity index (χ0) is 23.9. The molecule has 1 aromatic heterocycles. The third-order valence-electron chi connectivity index (χ3n) is 5.60. The summed E-state index contributed by atoms with van der Waals surface area (Å²) in [6.07, 6.45) is 0. The third kappa shape index (κ3) is 4.56. The number of nitrogens with zero attached hydrogens (tertiary/aromatic N) is 1. The predicted molar refractivity (Wildman–Crippen MR) is 133 cm³/mol. The zero-order valence-corrected chi connectivity index (χ0v) is 20.5. The van der Waals surface area contributed by atoms with Crippen molar-refractivity contribution in [3.8, 4) is 11.5 Å². The van der Waals surface area contributed by atoms with Crippen LogP contribution in [-0.4, -0.2) is 26.2 Å². The van der Waals surface area contributed by atoms with Crippen molar-refractivity contribution >= 4 is 43.2 Å². The summed E-state index contributed by atoms with van der Waals surface area (Å²) in [5, 5.41) is 0.624. The van der Waals surface area contributed by atoms with Gasteiger partial charge in [-0.05, 0) is 60.5 Å². The number of halogens is 1. The molecule has 0 spiro atoms. The number of hydrogen-bond donors (Lipinski definition) is 1. The molecule has 34 heavy (non-hydrogen) atoms. The summed E-state index contributed by atoms with van der Waals surface area (Å²) in [6, 6.07) is 16.9. The molecule has 1 aliphatic rings. The molecular formula is C24H21ClN2O5S2. The normalized spacial score (nSPS) is 14.3. The van der Waals surface area contributed by atoms with E-state index in [0.717, 1.165) is 22.5 Å². The van der Waals surface area contributed by atoms with Crippen LogP contribution >= 0.6 is 22.9 Å². The van der Waals surface area contributed by atoms with Crippen LogP contribution in [0, 0.1) is 0 Å². The van der Waals surface area contributed by atoms with E-state index in [-0.39, 0.29) is 9.77 Å². The fraction of sp³-hybridized carbons (Fsp3) is 0.208. The van der Waals surface area contributed by atoms with Gasteiger partial charge in [-0.3, -0.25) is 9.36 Å². The molecule has 1 N–H and O–H groups in total. The van der Waals surface area contributed by atoms with Crippen LogP contribution in [0.15, 0.2) is 70.4 Å². The molecule has 10 heteroatoms. The van der Waals surface area contributed by atoms with E-state index in [1.165, 1.54) is 6.07 Å². The first-order valence-corrected chi connectivity index (χ1v) is 13.3. The lowest BCUT2D eigenvalue weighted by molar-refractivity contribution is 0.171. The largest absolute Gasteiger partial charge is 0.486 e. The van der Waals surface area contributed by atoms with Crippen LogP contribution in [0.3, 0.4) is 0 Å². The maximum absolute atomic E-state index is 13.1. The minimum atomic E-state index is -3.83. The van der Waals surface area contributed by atoms with Crippen LogP contribution < -0.4 is 19.1 Å². The fourth-order valence-electron chi connectivity index (χ4n) is 3.83. The highest BCUT2D eigenvalue weighted by molar-refractivity contribution is 7.89. The van der Waals surface area contributed by atoms with Gasteiger partial charge in [-0.2, -0.15) is 0 Å². The van der Waals surface area contributed by atoms with E-state index in [2.05, 4.69) is 4.72 Å². The van der Waals surface area contributed by atoms with Crippen LogP contribution in [0.2, 0.25) is 5.02 Å². The monoisotopic (exact) mass is 516 g/mol. The predicted octanol–water partition coefficient (Wildman–Crippen LogP) is 4.58. The first-order chi connectivity index (χ1) is 16.3. The van der Waals surface area contributed by atoms with Crippen LogP contribution in [0.25, 0.3) is 10.2 Å². The number of hydrogen-bond acceptors (Lipinski definition) is 6. The van der Waals surface area contributed by atoms with Gasteiger partial charge < -0.3 is 9.47 Å². The lowest BCUT2D eigenvalue weighted by Crippen LogP contribution is -2.27. The van der Waals surface area contributed by atoms with Gasteiger partial charge in [-0.15, -0.1) is 0 Å². The second-order valence-corrected chi connectivity index (χ2v) is 11.1. The molecule has 1 aliphatic heterocycles. The third-order valence-corrected chi connectivity index (χ3v) is 8.33. The lowest BCUT2D eigenvalue weighted by Gasteiger charge is -2.21. The Balaban J connectivity index is 1.40. The number of ether oxygens (including phenoxy) is 2. The summed E-state index contributed by atoms with van der Waals surface area (Å²) in [6.45, 7) is 3.09. The molecule has 0 radical (unpaired) electrons. The van der Waals surface area contributed by atoms with Crippen molar-refractivity contribution < 1.29 is 17.9 Å². The van der Waals surface area contributed by atoms with Gasteiger partial charge in [0.25, 0.3) is 0 Å². The Morgan fingerprint density at radius 3 is 2.53 bits per heavy atom. The molecule has 3 aromatic carbocycles. The summed E-state index contributed by atoms with van der Waals surface area (Å²) in [7, 11) is -3.83. The molecule has 1 atom stereocenters. The van der Waals surface area contributed by atoms with E-state index in [4.69, 9.17) is 21.1 Å². The maximum atomic E-state index is 13.1. The van der Waals surface area contributed by atoms with Gasteiger partial charge in [0.2, 0.25) is 10.0 Å². The van der Waals surface area contributed by atoms with Crippen LogP contribution in [0.1, 0.15) is 24.1 Å². The van der Waals surface area contributed by atoms with Crippen LogP contribution in [0.5, 0.6) is 11.5 Å². The molecule has 0 bridgehead atoms. The highest BCUT2D eigenvalue weighted by Crippen LogP contribution is 2.33. The molecule has 0 saturated carbocycles. The fourth-order valence-corrected chi connectivity index (χ4v) is 6.22. The van der Waals surface area contributed by atoms with Crippen molar-refractivity contribution in [1.29, 1.82) is 0 Å². The van der Waals surface area contributed by atoms with E-state index >= 15 is 0 Å². The Hall–Kier alpha value is -2.85. The highest BCUT2D eigenvalue weighted by Gasteiger charge is 2.22. The first-order valence-electron chi connectivity index (χ1n) is 10.6. The molecule has 0 amide bonds. The van der Waals surface area contributed by atoms with Crippen molar-refractivity contribution in [2.75, 3.05) is 13.2 Å². The molecule has 176 valence electrons. The summed E-state index contributed by atoms with van der Waals surface area (Å²) >= 11 is 6.97. The maximum Gasteiger partial charge on any atom is 0.308 e. The van der Waals surface area contributed by atoms with Gasteiger partial charge >= 0.3 is 4.87 Å². The molecule has 2 heterocycles. The number of sulfonamides is 1. The summed E-state index contributed by atoms with van der Waals surface area (Å²) < 4.78 is 42.3. The molecule has 7 nitrogen and oxygen atoms in total. The molecular weight excluding hydrogens is 496 g/mol. The Morgan fingerprint density at radius 1 is 1.03 bits per heavy atom. The van der Waals surface area contributed by atoms with Gasteiger partial charge in [0.15, 0.2) is 11.5 Å². The second kappa shape index (κ2) is 9.07. The molecule has 0 fully saturated rings. The van der Waals surface area contributed by atoms with E-state index < -0.39 is 16.1 Å². The topological polar surface area (TPSA) is 86.6 Å². The van der Waals surface area contributed by atoms with Crippen molar-refractivity contribution in [3.63, 3.8) is 0 Å². The smallest absolute Gasteiger partial charge is 0.308 e. The summed E-state index contributed by atoms with van der Waals surface area (Å²) in [4.78, 5) is 12.6. The Labute approximate surface area is 205 Å². The van der Waals surface area contributed by atoms with Crippen LogP contribution in [0.4, 0.5) is 0 Å². The number of fused-ring (bicyclic) bond motifs is 2. The molecule has 0 unspecified atom stereocenters. The Morgan fingerprint density at radius 2 is 1.76 bits per heavy atom. The average molecular weight is 517 g/mol. The van der Waals surface area contributed by atoms with Gasteiger partial charge in [-0.25, -0.2) is 13.1 Å². The average Bonchev–Trinajstić information content (AvgIpc) is 3.14. The molecule has 0 saturated heterocycles. The number of benzene rings is 3. The Bertz CT molecular complexity index is 1530. The zero-order valence-electron chi connectivity index (χ0n) is 18.2. The van der Waals surface area contributed by atoms with Crippen molar-refractivity contribution in [1.82, 2.24) is 9.29 Å². The minimum absolute atomic E-state index is 0.101. The Kier molecular flexibility index (Phi) is 6.11. The number of nitrogens with one attached hydrogen (secondary N) is 1. The SMILES string of the molecule is C[C@@H](NS(=O)(=O)c1ccc2c(c1)sc(=O)n2Cc1ccc(Cl)cc1)c1ccc2c(c1)OCCO2. The van der Waals surface area contributed by atoms with Gasteiger partial charge in [0, 0.05) is 11.1 Å². The van der Waals surface area contributed by atoms with E-state index in [1.54, 1.807) is 47.9 Å². The number of aromatic nitrogens is 1. The molecule has 4 aromatic rings. The highest BCUT2D eigenvalue weighted by atomic mass is 35.5. The van der Waals surface area contributed by atoms with Crippen molar-refractivity contribution in [2.24, 2.45) is 0 Å². The second-order valence-electron chi connectivity index (χ2n) is 7.96. The minimum Gasteiger partial charge on any atom is -0.486 e. The standard InChI is InChI=1S/C24H21ClN2O5S2/c1-15(17-4-9-21-22(12-17)32-11-10-31-21)26-34(29,30)19-7-8-20-23(13-19)33-24(28)27(20)14-16-2-5-18(25)6-3-16/h2-9,12-13,15,26H,10-11,14H2,1H3/t15-/m1/s1. The summed E-state index contributed by atoms with van der Waals surface area (Å²) in [5.74, 6) is 1.25. The molecule has 5 rings (SSSR count). The van der Waals surface area contributed by atoms with Crippen LogP contribution in [-0.2, 0) is 16.6 Å². The number of rotatable bonds is 6. The van der Waals surface area contributed by atoms with E-state index in [0.29, 0.717) is 46.5 Å². The number of thiazole rings is 1. The van der Waals surface area contributed by atoms with Crippen molar-refractivity contribution in [3.05, 3.63) is 86.5 Å². The van der Waals surface area contributed by atoms with Gasteiger partial charge in [0.05, 0.1) is 21.7 Å². The lowest BCUT2D eigenvalue weighted by atomic mass is 10.1. The van der Waals surface area contributed by atoms with Gasteiger partial charge in [-0.1, -0.05) is 41.1 Å². The van der Waals surface area contributed by atoms with E-state index in [9.17, 15) is 13.2 Å². The van der Waals surface area contributed by atoms with E-state index in [1.807, 2.05) is 18.2 Å². The molecule has 0 aliphatic carbocycles. The van der Waals surface area contributed by atoms with Crippen molar-refractivity contribution in [2.45, 2.75) is 24.4 Å².